The molecule has 15 heavy (non-hydrogen) atoms. The lowest BCUT2D eigenvalue weighted by molar-refractivity contribution is 0.603. The number of hydrogen-bond donors (Lipinski definition) is 1. The number of imidazole rings is 1. The lowest BCUT2D eigenvalue weighted by atomic mass is 10.1. The summed E-state index contributed by atoms with van der Waals surface area (Å²) in [6.07, 6.45) is 6.63. The van der Waals surface area contributed by atoms with E-state index in [2.05, 4.69) is 36.6 Å². The minimum absolute atomic E-state index is 0.148. The van der Waals surface area contributed by atoms with Gasteiger partial charge in [-0.25, -0.2) is 4.98 Å². The van der Waals surface area contributed by atoms with Crippen LogP contribution in [0.3, 0.4) is 0 Å². The van der Waals surface area contributed by atoms with E-state index in [9.17, 15) is 0 Å². The molecule has 1 aromatic rings. The molecule has 1 aliphatic carbocycles. The highest BCUT2D eigenvalue weighted by molar-refractivity contribution is 5.09. The Hall–Kier alpha value is -0.830. The second-order valence-corrected chi connectivity index (χ2v) is 5.22. The van der Waals surface area contributed by atoms with Gasteiger partial charge < -0.3 is 10.3 Å². The van der Waals surface area contributed by atoms with Gasteiger partial charge in [-0.1, -0.05) is 13.8 Å². The van der Waals surface area contributed by atoms with Gasteiger partial charge >= 0.3 is 0 Å². The molecule has 3 nitrogen and oxygen atoms in total. The van der Waals surface area contributed by atoms with Crippen molar-refractivity contribution in [1.82, 2.24) is 9.55 Å². The number of hydrogen-bond acceptors (Lipinski definition) is 2. The van der Waals surface area contributed by atoms with E-state index in [1.165, 1.54) is 24.4 Å². The van der Waals surface area contributed by atoms with Gasteiger partial charge in [-0.15, -0.1) is 0 Å². The zero-order valence-corrected chi connectivity index (χ0v) is 9.95. The van der Waals surface area contributed by atoms with Crippen molar-refractivity contribution in [2.45, 2.75) is 51.0 Å². The van der Waals surface area contributed by atoms with Gasteiger partial charge in [0.1, 0.15) is 5.82 Å². The summed E-state index contributed by atoms with van der Waals surface area (Å²) in [6, 6.07) is 0. The number of nitrogens with two attached hydrogens (primary N) is 1. The van der Waals surface area contributed by atoms with E-state index in [0.29, 0.717) is 5.92 Å². The number of nitrogens with zero attached hydrogens (tertiary/aromatic N) is 2. The first-order valence-corrected chi connectivity index (χ1v) is 5.81. The summed E-state index contributed by atoms with van der Waals surface area (Å²) in [4.78, 5) is 4.65. The Morgan fingerprint density at radius 3 is 2.67 bits per heavy atom. The Kier molecular flexibility index (Phi) is 2.59. The van der Waals surface area contributed by atoms with Crippen LogP contribution in [0.1, 0.15) is 50.5 Å². The molecule has 0 aliphatic heterocycles. The number of aryl methyl sites for hydroxylation is 2. The normalized spacial score (nSPS) is 18.5. The first-order valence-electron chi connectivity index (χ1n) is 5.81. The molecule has 1 fully saturated rings. The molecule has 0 radical (unpaired) electrons. The van der Waals surface area contributed by atoms with Crippen LogP contribution in [0.4, 0.5) is 0 Å². The molecule has 1 aliphatic rings. The highest BCUT2D eigenvalue weighted by Gasteiger charge is 2.37. The van der Waals surface area contributed by atoms with Crippen LogP contribution in [0.15, 0.2) is 6.20 Å². The molecule has 2 N–H and O–H groups in total. The summed E-state index contributed by atoms with van der Waals surface area (Å²) >= 11 is 0. The van der Waals surface area contributed by atoms with Crippen LogP contribution in [0.2, 0.25) is 0 Å². The quantitative estimate of drug-likeness (QED) is 0.820. The van der Waals surface area contributed by atoms with Gasteiger partial charge in [0, 0.05) is 24.7 Å². The van der Waals surface area contributed by atoms with Crippen molar-refractivity contribution in [2.75, 3.05) is 0 Å². The summed E-state index contributed by atoms with van der Waals surface area (Å²) in [5, 5.41) is 0. The minimum Gasteiger partial charge on any atom is -0.338 e. The SMILES string of the molecule is CC(C)c1nc(CCC2(N)CC2)cn1C. The maximum atomic E-state index is 6.06. The van der Waals surface area contributed by atoms with Crippen LogP contribution in [0.25, 0.3) is 0 Å². The smallest absolute Gasteiger partial charge is 0.111 e. The Morgan fingerprint density at radius 1 is 1.53 bits per heavy atom. The zero-order chi connectivity index (χ0) is 11.1. The van der Waals surface area contributed by atoms with Crippen LogP contribution in [0, 0.1) is 0 Å². The summed E-state index contributed by atoms with van der Waals surface area (Å²) in [7, 11) is 2.07. The second-order valence-electron chi connectivity index (χ2n) is 5.22. The third-order valence-corrected chi connectivity index (χ3v) is 3.25. The highest BCUT2D eigenvalue weighted by Crippen LogP contribution is 2.36. The van der Waals surface area contributed by atoms with Gasteiger partial charge in [-0.2, -0.15) is 0 Å². The predicted molar refractivity (Wildman–Crippen MR) is 61.8 cm³/mol. The van der Waals surface area contributed by atoms with E-state index < -0.39 is 0 Å². The molecule has 0 spiro atoms. The maximum absolute atomic E-state index is 6.06. The fraction of sp³-hybridized carbons (Fsp3) is 0.750. The largest absolute Gasteiger partial charge is 0.338 e. The van der Waals surface area contributed by atoms with Crippen molar-refractivity contribution in [1.29, 1.82) is 0 Å². The molecule has 1 aromatic heterocycles. The van der Waals surface area contributed by atoms with Crippen LogP contribution >= 0.6 is 0 Å². The number of aromatic nitrogens is 2. The average Bonchev–Trinajstić information content (AvgIpc) is 2.75. The van der Waals surface area contributed by atoms with Crippen molar-refractivity contribution in [2.24, 2.45) is 12.8 Å². The average molecular weight is 207 g/mol. The fourth-order valence-electron chi connectivity index (χ4n) is 1.99. The Labute approximate surface area is 91.7 Å². The molecule has 1 saturated carbocycles. The zero-order valence-electron chi connectivity index (χ0n) is 9.95. The van der Waals surface area contributed by atoms with E-state index in [0.717, 1.165) is 12.8 Å². The van der Waals surface area contributed by atoms with Crippen LogP contribution < -0.4 is 5.73 Å². The molecular weight excluding hydrogens is 186 g/mol. The van der Waals surface area contributed by atoms with Gasteiger partial charge in [-0.3, -0.25) is 0 Å². The van der Waals surface area contributed by atoms with Gasteiger partial charge in [-0.05, 0) is 25.7 Å². The maximum Gasteiger partial charge on any atom is 0.111 e. The lowest BCUT2D eigenvalue weighted by Crippen LogP contribution is -2.22. The van der Waals surface area contributed by atoms with Crippen LogP contribution in [0.5, 0.6) is 0 Å². The van der Waals surface area contributed by atoms with Gasteiger partial charge in [0.25, 0.3) is 0 Å². The van der Waals surface area contributed by atoms with E-state index in [4.69, 9.17) is 5.73 Å². The van der Waals surface area contributed by atoms with Crippen molar-refractivity contribution in [3.8, 4) is 0 Å². The second kappa shape index (κ2) is 3.63. The van der Waals surface area contributed by atoms with Crippen LogP contribution in [-0.4, -0.2) is 15.1 Å². The molecule has 0 saturated heterocycles. The Morgan fingerprint density at radius 2 is 2.20 bits per heavy atom. The third-order valence-electron chi connectivity index (χ3n) is 3.25. The summed E-state index contributed by atoms with van der Waals surface area (Å²) < 4.78 is 2.14. The molecule has 0 bridgehead atoms. The first-order chi connectivity index (χ1) is 7.00. The van der Waals surface area contributed by atoms with E-state index in [1.807, 2.05) is 0 Å². The summed E-state index contributed by atoms with van der Waals surface area (Å²) in [5.41, 5.74) is 7.41. The highest BCUT2D eigenvalue weighted by atomic mass is 15.0. The molecule has 0 aromatic carbocycles. The van der Waals surface area contributed by atoms with E-state index in [-0.39, 0.29) is 5.54 Å². The summed E-state index contributed by atoms with van der Waals surface area (Å²) in [6.45, 7) is 4.36. The Bertz CT molecular complexity index is 348. The monoisotopic (exact) mass is 207 g/mol. The molecule has 2 rings (SSSR count). The van der Waals surface area contributed by atoms with Gasteiger partial charge in [0.2, 0.25) is 0 Å². The van der Waals surface area contributed by atoms with Crippen molar-refractivity contribution < 1.29 is 0 Å². The molecular formula is C12H21N3. The van der Waals surface area contributed by atoms with Crippen LogP contribution in [-0.2, 0) is 13.5 Å². The summed E-state index contributed by atoms with van der Waals surface area (Å²) in [5.74, 6) is 1.67. The third kappa shape index (κ3) is 2.40. The van der Waals surface area contributed by atoms with E-state index >= 15 is 0 Å². The molecule has 3 heteroatoms. The number of rotatable bonds is 4. The lowest BCUT2D eigenvalue weighted by Gasteiger charge is -2.05. The molecule has 0 unspecified atom stereocenters. The van der Waals surface area contributed by atoms with Gasteiger partial charge in [0.15, 0.2) is 0 Å². The van der Waals surface area contributed by atoms with Crippen molar-refractivity contribution in [3.63, 3.8) is 0 Å². The predicted octanol–water partition coefficient (Wildman–Crippen LogP) is 1.97. The minimum atomic E-state index is 0.148. The Balaban J connectivity index is 1.99. The molecule has 0 amide bonds. The molecule has 1 heterocycles. The van der Waals surface area contributed by atoms with E-state index in [1.54, 1.807) is 0 Å². The van der Waals surface area contributed by atoms with Crippen molar-refractivity contribution >= 4 is 0 Å². The van der Waals surface area contributed by atoms with Crippen molar-refractivity contribution in [3.05, 3.63) is 17.7 Å². The molecule has 84 valence electrons. The fourth-order valence-corrected chi connectivity index (χ4v) is 1.99. The molecule has 0 atom stereocenters. The first kappa shape index (κ1) is 10.7. The van der Waals surface area contributed by atoms with Gasteiger partial charge in [0.05, 0.1) is 5.69 Å². The topological polar surface area (TPSA) is 43.8 Å². The standard InChI is InChI=1S/C12H21N3/c1-9(2)11-14-10(8-15(11)3)4-5-12(13)6-7-12/h8-9H,4-7,13H2,1-3H3.